The van der Waals surface area contributed by atoms with E-state index >= 15 is 0 Å². The van der Waals surface area contributed by atoms with E-state index in [1.165, 1.54) is 0 Å². The second kappa shape index (κ2) is 8.87. The Labute approximate surface area is 213 Å². The summed E-state index contributed by atoms with van der Waals surface area (Å²) in [7, 11) is 0. The third kappa shape index (κ3) is 3.75. The number of aliphatic hydroxyl groups is 1. The van der Waals surface area contributed by atoms with Crippen LogP contribution in [0.4, 0.5) is 0 Å². The van der Waals surface area contributed by atoms with Crippen molar-refractivity contribution in [3.8, 4) is 17.1 Å². The Hall–Kier alpha value is -4.49. The first-order valence-corrected chi connectivity index (χ1v) is 12.2. The molecule has 184 valence electrons. The fourth-order valence-electron chi connectivity index (χ4n) is 5.00. The standard InChI is InChI=1S/C30H26N4O3/c1-4-36-29-32-25-17-21(27-18(2)34-37-19(27)3)16-23(28(25)33-29)30(35,22-11-6-5-7-12-22)26-15-14-20-10-8-9-13-24(20)31-26/h5-17,35H,4H2,1-3H3,(H,32,33). The van der Waals surface area contributed by atoms with Crippen molar-refractivity contribution in [3.63, 3.8) is 0 Å². The Morgan fingerprint density at radius 2 is 1.73 bits per heavy atom. The molecule has 7 nitrogen and oxygen atoms in total. The topological polar surface area (TPSA) is 97.1 Å². The number of hydrogen-bond donors (Lipinski definition) is 2. The van der Waals surface area contributed by atoms with Gasteiger partial charge in [0.15, 0.2) is 5.60 Å². The molecular weight excluding hydrogens is 464 g/mol. The fourth-order valence-corrected chi connectivity index (χ4v) is 5.00. The Morgan fingerprint density at radius 3 is 2.49 bits per heavy atom. The van der Waals surface area contributed by atoms with Gasteiger partial charge in [0.05, 0.1) is 34.5 Å². The SMILES string of the molecule is CCOc1nc2c(C(O)(c3ccccc3)c3ccc4ccccc4n3)cc(-c3c(C)noc3C)cc2[nH]1. The van der Waals surface area contributed by atoms with Crippen LogP contribution in [0.5, 0.6) is 6.01 Å². The van der Waals surface area contributed by atoms with Gasteiger partial charge in [0, 0.05) is 16.5 Å². The number of aromatic amines is 1. The van der Waals surface area contributed by atoms with Crippen molar-refractivity contribution in [2.75, 3.05) is 6.61 Å². The monoisotopic (exact) mass is 490 g/mol. The third-order valence-electron chi connectivity index (χ3n) is 6.72. The summed E-state index contributed by atoms with van der Waals surface area (Å²) in [5.74, 6) is 0.694. The molecule has 6 aromatic rings. The van der Waals surface area contributed by atoms with Gasteiger partial charge in [-0.25, -0.2) is 4.98 Å². The van der Waals surface area contributed by atoms with Gasteiger partial charge in [-0.3, -0.25) is 0 Å². The van der Waals surface area contributed by atoms with Gasteiger partial charge in [-0.15, -0.1) is 0 Å². The van der Waals surface area contributed by atoms with Crippen LogP contribution in [0, 0.1) is 13.8 Å². The predicted octanol–water partition coefficient (Wildman–Crippen LogP) is 6.07. The van der Waals surface area contributed by atoms with Gasteiger partial charge in [-0.05, 0) is 56.2 Å². The molecule has 0 radical (unpaired) electrons. The largest absolute Gasteiger partial charge is 0.465 e. The van der Waals surface area contributed by atoms with Gasteiger partial charge < -0.3 is 19.4 Å². The summed E-state index contributed by atoms with van der Waals surface area (Å²) in [6.07, 6.45) is 0. The highest BCUT2D eigenvalue weighted by Crippen LogP contribution is 2.42. The van der Waals surface area contributed by atoms with Crippen molar-refractivity contribution in [1.29, 1.82) is 0 Å². The van der Waals surface area contributed by atoms with Gasteiger partial charge in [0.1, 0.15) is 5.76 Å². The predicted molar refractivity (Wildman–Crippen MR) is 143 cm³/mol. The quantitative estimate of drug-likeness (QED) is 0.294. The summed E-state index contributed by atoms with van der Waals surface area (Å²) < 4.78 is 11.2. The first kappa shape index (κ1) is 22.9. The van der Waals surface area contributed by atoms with Crippen molar-refractivity contribution in [2.24, 2.45) is 0 Å². The van der Waals surface area contributed by atoms with Gasteiger partial charge in [-0.2, -0.15) is 4.98 Å². The number of pyridine rings is 1. The highest BCUT2D eigenvalue weighted by atomic mass is 16.5. The maximum Gasteiger partial charge on any atom is 0.294 e. The molecule has 0 bridgehead atoms. The number of aromatic nitrogens is 4. The lowest BCUT2D eigenvalue weighted by Gasteiger charge is -2.30. The van der Waals surface area contributed by atoms with E-state index in [1.54, 1.807) is 0 Å². The van der Waals surface area contributed by atoms with E-state index in [2.05, 4.69) is 10.1 Å². The Balaban J connectivity index is 1.70. The summed E-state index contributed by atoms with van der Waals surface area (Å²) in [6, 6.07) is 25.6. The minimum Gasteiger partial charge on any atom is -0.465 e. The summed E-state index contributed by atoms with van der Waals surface area (Å²) in [4.78, 5) is 12.9. The van der Waals surface area contributed by atoms with Crippen molar-refractivity contribution >= 4 is 21.9 Å². The molecule has 0 saturated heterocycles. The number of nitrogens with one attached hydrogen (secondary N) is 1. The van der Waals surface area contributed by atoms with Crippen LogP contribution in [0.15, 0.2) is 83.4 Å². The molecule has 0 spiro atoms. The molecule has 2 N–H and O–H groups in total. The molecule has 3 aromatic heterocycles. The van der Waals surface area contributed by atoms with Crippen LogP contribution in [0.1, 0.15) is 35.2 Å². The van der Waals surface area contributed by atoms with Crippen molar-refractivity contribution in [2.45, 2.75) is 26.4 Å². The van der Waals surface area contributed by atoms with E-state index < -0.39 is 5.60 Å². The van der Waals surface area contributed by atoms with E-state index in [-0.39, 0.29) is 0 Å². The number of ether oxygens (including phenoxy) is 1. The molecule has 3 aromatic carbocycles. The van der Waals surface area contributed by atoms with Crippen molar-refractivity contribution in [3.05, 3.63) is 107 Å². The van der Waals surface area contributed by atoms with Crippen LogP contribution in [-0.2, 0) is 5.60 Å². The Bertz CT molecular complexity index is 1720. The zero-order valence-electron chi connectivity index (χ0n) is 20.8. The second-order valence-corrected chi connectivity index (χ2v) is 9.06. The number of rotatable bonds is 6. The summed E-state index contributed by atoms with van der Waals surface area (Å²) in [5.41, 5.74) is 4.74. The van der Waals surface area contributed by atoms with Crippen LogP contribution in [0.2, 0.25) is 0 Å². The molecule has 0 aliphatic heterocycles. The molecule has 3 heterocycles. The number of imidazole rings is 1. The van der Waals surface area contributed by atoms with Crippen molar-refractivity contribution in [1.82, 2.24) is 20.1 Å². The average molecular weight is 491 g/mol. The first-order valence-electron chi connectivity index (χ1n) is 12.2. The lowest BCUT2D eigenvalue weighted by Crippen LogP contribution is -2.30. The molecule has 0 saturated carbocycles. The number of nitrogens with zero attached hydrogens (tertiary/aromatic N) is 3. The molecule has 37 heavy (non-hydrogen) atoms. The molecule has 1 unspecified atom stereocenters. The lowest BCUT2D eigenvalue weighted by atomic mass is 9.81. The fraction of sp³-hybridized carbons (Fsp3) is 0.167. The van der Waals surface area contributed by atoms with Crippen LogP contribution in [0.3, 0.4) is 0 Å². The third-order valence-corrected chi connectivity index (χ3v) is 6.72. The number of benzene rings is 3. The van der Waals surface area contributed by atoms with Crippen LogP contribution >= 0.6 is 0 Å². The molecule has 0 aliphatic carbocycles. The van der Waals surface area contributed by atoms with Gasteiger partial charge >= 0.3 is 0 Å². The molecule has 1 atom stereocenters. The normalized spacial score (nSPS) is 13.2. The van der Waals surface area contributed by atoms with Crippen molar-refractivity contribution < 1.29 is 14.4 Å². The highest BCUT2D eigenvalue weighted by Gasteiger charge is 2.38. The van der Waals surface area contributed by atoms with E-state index in [9.17, 15) is 5.11 Å². The van der Waals surface area contributed by atoms with Crippen LogP contribution in [-0.4, -0.2) is 31.8 Å². The molecular formula is C30H26N4O3. The smallest absolute Gasteiger partial charge is 0.294 e. The van der Waals surface area contributed by atoms with Gasteiger partial charge in [0.2, 0.25) is 0 Å². The molecule has 0 fully saturated rings. The van der Waals surface area contributed by atoms with Gasteiger partial charge in [-0.1, -0.05) is 59.8 Å². The minimum atomic E-state index is -1.61. The minimum absolute atomic E-state index is 0.386. The zero-order chi connectivity index (χ0) is 25.6. The highest BCUT2D eigenvalue weighted by molar-refractivity contribution is 5.88. The maximum atomic E-state index is 12.8. The number of para-hydroxylation sites is 1. The summed E-state index contributed by atoms with van der Waals surface area (Å²) >= 11 is 0. The number of hydrogen-bond acceptors (Lipinski definition) is 6. The zero-order valence-corrected chi connectivity index (χ0v) is 20.8. The molecule has 0 amide bonds. The van der Waals surface area contributed by atoms with E-state index in [4.69, 9.17) is 19.2 Å². The molecule has 7 heteroatoms. The van der Waals surface area contributed by atoms with Crippen LogP contribution in [0.25, 0.3) is 33.1 Å². The molecule has 6 rings (SSSR count). The Morgan fingerprint density at radius 1 is 0.946 bits per heavy atom. The maximum absolute atomic E-state index is 12.8. The number of fused-ring (bicyclic) bond motifs is 2. The summed E-state index contributed by atoms with van der Waals surface area (Å²) in [6.45, 7) is 6.15. The average Bonchev–Trinajstić information content (AvgIpc) is 3.49. The number of H-pyrrole nitrogens is 1. The molecule has 0 aliphatic rings. The first-order chi connectivity index (χ1) is 18.0. The van der Waals surface area contributed by atoms with Gasteiger partial charge in [0.25, 0.3) is 6.01 Å². The summed E-state index contributed by atoms with van der Waals surface area (Å²) in [5, 5.41) is 17.9. The van der Waals surface area contributed by atoms with E-state index in [0.29, 0.717) is 40.7 Å². The van der Waals surface area contributed by atoms with E-state index in [1.807, 2.05) is 99.6 Å². The Kier molecular flexibility index (Phi) is 5.50. The second-order valence-electron chi connectivity index (χ2n) is 9.06. The lowest BCUT2D eigenvalue weighted by molar-refractivity contribution is 0.122. The van der Waals surface area contributed by atoms with Crippen LogP contribution < -0.4 is 4.74 Å². The van der Waals surface area contributed by atoms with E-state index in [0.717, 1.165) is 33.2 Å². The number of aryl methyl sites for hydroxylation is 2.